The van der Waals surface area contributed by atoms with Gasteiger partial charge in [0.2, 0.25) is 0 Å². The van der Waals surface area contributed by atoms with Crippen molar-refractivity contribution in [2.24, 2.45) is 0 Å². The van der Waals surface area contributed by atoms with Gasteiger partial charge in [-0.25, -0.2) is 0 Å². The molecule has 0 aliphatic heterocycles. The minimum atomic E-state index is -4.39. The van der Waals surface area contributed by atoms with E-state index in [1.165, 1.54) is 12.8 Å². The van der Waals surface area contributed by atoms with Crippen LogP contribution in [0.25, 0.3) is 0 Å². The van der Waals surface area contributed by atoms with Crippen LogP contribution in [0, 0.1) is 0 Å². The van der Waals surface area contributed by atoms with Crippen LogP contribution in [0.1, 0.15) is 28.8 Å². The molecule has 2 nitrogen and oxygen atoms in total. The van der Waals surface area contributed by atoms with Crippen molar-refractivity contribution in [1.82, 2.24) is 5.32 Å². The van der Waals surface area contributed by atoms with Crippen molar-refractivity contribution in [2.45, 2.75) is 25.1 Å². The van der Waals surface area contributed by atoms with Gasteiger partial charge in [0.05, 0.1) is 5.56 Å². The lowest BCUT2D eigenvalue weighted by molar-refractivity contribution is -0.138. The molecule has 0 aromatic heterocycles. The van der Waals surface area contributed by atoms with Gasteiger partial charge in [0, 0.05) is 16.1 Å². The van der Waals surface area contributed by atoms with E-state index < -0.39 is 11.7 Å². The summed E-state index contributed by atoms with van der Waals surface area (Å²) in [5.41, 5.74) is -0.571. The molecule has 0 radical (unpaired) electrons. The van der Waals surface area contributed by atoms with E-state index in [0.29, 0.717) is 6.29 Å². The van der Waals surface area contributed by atoms with Crippen LogP contribution in [-0.2, 0) is 6.18 Å². The highest BCUT2D eigenvalue weighted by Gasteiger charge is 2.32. The molecular formula is C12H13BrF3NO. The molecule has 1 fully saturated rings. The van der Waals surface area contributed by atoms with E-state index in [1.807, 2.05) is 7.05 Å². The second-order valence-electron chi connectivity index (χ2n) is 3.92. The SMILES string of the molecule is CNC1CC1.O=Cc1ccc(C(F)(F)F)c(Br)c1. The maximum atomic E-state index is 12.2. The van der Waals surface area contributed by atoms with Gasteiger partial charge in [-0.1, -0.05) is 22.0 Å². The van der Waals surface area contributed by atoms with E-state index in [4.69, 9.17) is 0 Å². The minimum absolute atomic E-state index is 0.121. The van der Waals surface area contributed by atoms with Crippen molar-refractivity contribution < 1.29 is 18.0 Å². The lowest BCUT2D eigenvalue weighted by Crippen LogP contribution is -2.06. The Labute approximate surface area is 112 Å². The van der Waals surface area contributed by atoms with Crippen LogP contribution < -0.4 is 5.32 Å². The number of carbonyl (C=O) groups excluding carboxylic acids is 1. The molecule has 0 spiro atoms. The van der Waals surface area contributed by atoms with Gasteiger partial charge in [-0.05, 0) is 32.0 Å². The van der Waals surface area contributed by atoms with Crippen molar-refractivity contribution in [3.05, 3.63) is 33.8 Å². The first-order valence-corrected chi connectivity index (χ1v) is 6.17. The molecule has 0 bridgehead atoms. The topological polar surface area (TPSA) is 29.1 Å². The molecule has 1 N–H and O–H groups in total. The molecule has 1 aromatic carbocycles. The minimum Gasteiger partial charge on any atom is -0.317 e. The summed E-state index contributed by atoms with van der Waals surface area (Å²) >= 11 is 2.74. The molecule has 1 saturated carbocycles. The molecule has 1 aliphatic carbocycles. The predicted octanol–water partition coefficient (Wildman–Crippen LogP) is 3.65. The van der Waals surface area contributed by atoms with Gasteiger partial charge in [0.1, 0.15) is 6.29 Å². The highest BCUT2D eigenvalue weighted by atomic mass is 79.9. The number of benzene rings is 1. The average molecular weight is 324 g/mol. The predicted molar refractivity (Wildman–Crippen MR) is 66.6 cm³/mol. The Kier molecular flexibility index (Phi) is 5.34. The van der Waals surface area contributed by atoms with Gasteiger partial charge in [-0.15, -0.1) is 0 Å². The molecule has 2 rings (SSSR count). The molecule has 18 heavy (non-hydrogen) atoms. The number of alkyl halides is 3. The molecule has 0 saturated heterocycles. The molecular weight excluding hydrogens is 311 g/mol. The molecule has 1 aromatic rings. The highest BCUT2D eigenvalue weighted by Crippen LogP contribution is 2.34. The number of rotatable bonds is 2. The number of carbonyl (C=O) groups is 1. The molecule has 0 heterocycles. The first-order chi connectivity index (χ1) is 8.38. The van der Waals surface area contributed by atoms with Crippen molar-refractivity contribution in [1.29, 1.82) is 0 Å². The molecule has 0 amide bonds. The van der Waals surface area contributed by atoms with Crippen LogP contribution in [-0.4, -0.2) is 19.4 Å². The molecule has 100 valence electrons. The lowest BCUT2D eigenvalue weighted by Gasteiger charge is -2.08. The summed E-state index contributed by atoms with van der Waals surface area (Å²) in [6.45, 7) is 0. The van der Waals surface area contributed by atoms with Crippen LogP contribution in [0.4, 0.5) is 13.2 Å². The van der Waals surface area contributed by atoms with Gasteiger partial charge < -0.3 is 5.32 Å². The summed E-state index contributed by atoms with van der Waals surface area (Å²) in [7, 11) is 2.01. The first kappa shape index (κ1) is 15.2. The Morgan fingerprint density at radius 1 is 1.39 bits per heavy atom. The first-order valence-electron chi connectivity index (χ1n) is 5.37. The zero-order chi connectivity index (χ0) is 13.8. The van der Waals surface area contributed by atoms with Crippen molar-refractivity contribution in [3.8, 4) is 0 Å². The quantitative estimate of drug-likeness (QED) is 0.842. The Bertz CT molecular complexity index is 416. The summed E-state index contributed by atoms with van der Waals surface area (Å²) in [5.74, 6) is 0. The third-order valence-corrected chi connectivity index (χ3v) is 3.08. The third kappa shape index (κ3) is 4.78. The number of halogens is 4. The number of nitrogens with one attached hydrogen (secondary N) is 1. The fraction of sp³-hybridized carbons (Fsp3) is 0.417. The van der Waals surface area contributed by atoms with Crippen LogP contribution in [0.5, 0.6) is 0 Å². The summed E-state index contributed by atoms with van der Waals surface area (Å²) in [5, 5.41) is 3.14. The zero-order valence-corrected chi connectivity index (χ0v) is 11.3. The average Bonchev–Trinajstić information content (AvgIpc) is 3.11. The number of hydrogen-bond acceptors (Lipinski definition) is 2. The Balaban J connectivity index is 0.000000269. The Morgan fingerprint density at radius 3 is 2.28 bits per heavy atom. The van der Waals surface area contributed by atoms with Crippen molar-refractivity contribution in [2.75, 3.05) is 7.05 Å². The molecule has 0 atom stereocenters. The molecule has 6 heteroatoms. The number of hydrogen-bond donors (Lipinski definition) is 1. The summed E-state index contributed by atoms with van der Waals surface area (Å²) in [4.78, 5) is 10.2. The van der Waals surface area contributed by atoms with Gasteiger partial charge in [-0.3, -0.25) is 4.79 Å². The van der Waals surface area contributed by atoms with E-state index >= 15 is 0 Å². The summed E-state index contributed by atoms with van der Waals surface area (Å²) in [6, 6.07) is 4.01. The van der Waals surface area contributed by atoms with Crippen LogP contribution in [0.15, 0.2) is 22.7 Å². The standard InChI is InChI=1S/C8H4BrF3O.C4H9N/c9-7-3-5(4-13)1-2-6(7)8(10,11)12;1-5-4-2-3-4/h1-4H;4-5H,2-3H2,1H3. The van der Waals surface area contributed by atoms with E-state index in [1.54, 1.807) is 0 Å². The van der Waals surface area contributed by atoms with Crippen LogP contribution in [0.2, 0.25) is 0 Å². The van der Waals surface area contributed by atoms with E-state index in [2.05, 4.69) is 21.2 Å². The maximum absolute atomic E-state index is 12.2. The smallest absolute Gasteiger partial charge is 0.317 e. The fourth-order valence-electron chi connectivity index (χ4n) is 1.21. The monoisotopic (exact) mass is 323 g/mol. The molecule has 1 aliphatic rings. The lowest BCUT2D eigenvalue weighted by atomic mass is 10.1. The van der Waals surface area contributed by atoms with Gasteiger partial charge in [-0.2, -0.15) is 13.2 Å². The van der Waals surface area contributed by atoms with Crippen molar-refractivity contribution >= 4 is 22.2 Å². The largest absolute Gasteiger partial charge is 0.417 e. The maximum Gasteiger partial charge on any atom is 0.417 e. The Morgan fingerprint density at radius 2 is 2.00 bits per heavy atom. The van der Waals surface area contributed by atoms with E-state index in [0.717, 1.165) is 24.2 Å². The van der Waals surface area contributed by atoms with Gasteiger partial charge >= 0.3 is 6.18 Å². The molecule has 0 unspecified atom stereocenters. The van der Waals surface area contributed by atoms with Crippen molar-refractivity contribution in [3.63, 3.8) is 0 Å². The normalized spacial score (nSPS) is 14.7. The fourth-order valence-corrected chi connectivity index (χ4v) is 1.83. The second kappa shape index (κ2) is 6.33. The third-order valence-electron chi connectivity index (χ3n) is 2.42. The zero-order valence-electron chi connectivity index (χ0n) is 9.72. The van der Waals surface area contributed by atoms with Gasteiger partial charge in [0.15, 0.2) is 0 Å². The van der Waals surface area contributed by atoms with Crippen LogP contribution in [0.3, 0.4) is 0 Å². The summed E-state index contributed by atoms with van der Waals surface area (Å²) < 4.78 is 36.4. The van der Waals surface area contributed by atoms with E-state index in [9.17, 15) is 18.0 Å². The van der Waals surface area contributed by atoms with E-state index in [-0.39, 0.29) is 10.0 Å². The Hall–Kier alpha value is -0.880. The second-order valence-corrected chi connectivity index (χ2v) is 4.77. The highest BCUT2D eigenvalue weighted by molar-refractivity contribution is 9.10. The van der Waals surface area contributed by atoms with Gasteiger partial charge in [0.25, 0.3) is 0 Å². The number of aldehydes is 1. The summed E-state index contributed by atoms with van der Waals surface area (Å²) in [6.07, 6.45) is -1.10. The van der Waals surface area contributed by atoms with Crippen LogP contribution >= 0.6 is 15.9 Å².